The number of aliphatic carboxylic acids is 4. The van der Waals surface area contributed by atoms with Crippen molar-refractivity contribution in [2.45, 2.75) is 37.5 Å². The summed E-state index contributed by atoms with van der Waals surface area (Å²) in [6.07, 6.45) is 6.90. The number of piperidine rings is 1. The number of amidine groups is 1. The third-order valence-electron chi connectivity index (χ3n) is 6.66. The van der Waals surface area contributed by atoms with Gasteiger partial charge in [0.05, 0.1) is 12.3 Å². The highest BCUT2D eigenvalue weighted by molar-refractivity contribution is 8.13. The molecule has 12 nitrogen and oxygen atoms in total. The van der Waals surface area contributed by atoms with E-state index in [0.29, 0.717) is 30.3 Å². The minimum absolute atomic E-state index is 0.558. The normalized spacial score (nSPS) is 14.6. The second-order valence-electron chi connectivity index (χ2n) is 10.0. The number of nitrogens with zero attached hydrogens (tertiary/aromatic N) is 3. The van der Waals surface area contributed by atoms with Crippen molar-refractivity contribution in [1.82, 2.24) is 9.80 Å². The molecule has 1 saturated heterocycles. The first-order chi connectivity index (χ1) is 21.9. The third kappa shape index (κ3) is 15.6. The van der Waals surface area contributed by atoms with Gasteiger partial charge >= 0.3 is 23.9 Å². The van der Waals surface area contributed by atoms with E-state index in [-0.39, 0.29) is 0 Å². The number of rotatable bonds is 11. The fourth-order valence-electron chi connectivity index (χ4n) is 4.33. The number of aliphatic imine (C=N–C) groups is 1. The van der Waals surface area contributed by atoms with Crippen LogP contribution < -0.4 is 4.74 Å². The van der Waals surface area contributed by atoms with Gasteiger partial charge in [-0.15, -0.1) is 0 Å². The Hall–Kier alpha value is -4.33. The standard InChI is InChI=1S/C24H30ClN3OS.2C4H4O4/c1-27(24-26-23-7-3-2-6-19(23)18-30-24)21-12-15-28(16-13-21)14-4-5-17-29-22-10-8-20(25)9-11-22;2*5-3(6)1-2-4(7)8/h2-3,6-11,21H,4-5,12-18H2,1H3;2*1-2H,(H,5,6)(H,7,8)/b;2*2-1+. The first-order valence-corrected chi connectivity index (χ1v) is 15.7. The van der Waals surface area contributed by atoms with Gasteiger partial charge in [0.25, 0.3) is 0 Å². The number of benzene rings is 2. The van der Waals surface area contributed by atoms with Crippen LogP contribution in [0.1, 0.15) is 31.2 Å². The highest BCUT2D eigenvalue weighted by atomic mass is 35.5. The van der Waals surface area contributed by atoms with E-state index >= 15 is 0 Å². The molecule has 0 atom stereocenters. The van der Waals surface area contributed by atoms with E-state index in [1.54, 1.807) is 0 Å². The zero-order valence-electron chi connectivity index (χ0n) is 25.3. The Morgan fingerprint density at radius 1 is 0.891 bits per heavy atom. The molecule has 248 valence electrons. The fourth-order valence-corrected chi connectivity index (χ4v) is 5.50. The molecule has 0 aliphatic carbocycles. The molecule has 2 aliphatic rings. The molecule has 46 heavy (non-hydrogen) atoms. The van der Waals surface area contributed by atoms with Crippen molar-refractivity contribution < 1.29 is 44.3 Å². The van der Waals surface area contributed by atoms with Crippen LogP contribution >= 0.6 is 23.4 Å². The summed E-state index contributed by atoms with van der Waals surface area (Å²) in [5.74, 6) is -3.11. The number of unbranched alkanes of at least 4 members (excludes halogenated alkanes) is 1. The lowest BCUT2D eigenvalue weighted by molar-refractivity contribution is -0.134. The average Bonchev–Trinajstić information content (AvgIpc) is 3.04. The minimum Gasteiger partial charge on any atom is -0.494 e. The quantitative estimate of drug-likeness (QED) is 0.180. The van der Waals surface area contributed by atoms with E-state index in [0.717, 1.165) is 41.8 Å². The average molecular weight is 676 g/mol. The summed E-state index contributed by atoms with van der Waals surface area (Å²) in [6.45, 7) is 4.26. The van der Waals surface area contributed by atoms with E-state index < -0.39 is 23.9 Å². The van der Waals surface area contributed by atoms with Crippen LogP contribution in [-0.4, -0.2) is 98.6 Å². The van der Waals surface area contributed by atoms with Gasteiger partial charge < -0.3 is 35.0 Å². The number of ether oxygens (including phenoxy) is 1. The lowest BCUT2D eigenvalue weighted by Gasteiger charge is -2.38. The Morgan fingerprint density at radius 2 is 1.43 bits per heavy atom. The van der Waals surface area contributed by atoms with Crippen LogP contribution in [0.3, 0.4) is 0 Å². The summed E-state index contributed by atoms with van der Waals surface area (Å²) >= 11 is 7.77. The third-order valence-corrected chi connectivity index (χ3v) is 8.00. The van der Waals surface area contributed by atoms with E-state index in [4.69, 9.17) is 41.8 Å². The molecule has 2 aliphatic heterocycles. The predicted molar refractivity (Wildman–Crippen MR) is 177 cm³/mol. The molecule has 0 saturated carbocycles. The Balaban J connectivity index is 0.000000381. The summed E-state index contributed by atoms with van der Waals surface area (Å²) in [6, 6.07) is 16.7. The van der Waals surface area contributed by atoms with Crippen LogP contribution in [0.25, 0.3) is 0 Å². The van der Waals surface area contributed by atoms with Crippen LogP contribution in [0, 0.1) is 0 Å². The summed E-state index contributed by atoms with van der Waals surface area (Å²) in [4.78, 5) is 48.1. The second kappa shape index (κ2) is 20.7. The SMILES string of the molecule is CN(C1=Nc2ccccc2CS1)C1CCN(CCCCOc2ccc(Cl)cc2)CC1.O=C(O)/C=C/C(=O)O.O=C(O)/C=C/C(=O)O. The number of fused-ring (bicyclic) bond motifs is 1. The molecule has 14 heteroatoms. The molecule has 4 rings (SSSR count). The van der Waals surface area contributed by atoms with Crippen LogP contribution in [-0.2, 0) is 24.9 Å². The maximum atomic E-state index is 9.55. The van der Waals surface area contributed by atoms with E-state index in [1.807, 2.05) is 36.0 Å². The van der Waals surface area contributed by atoms with Crippen molar-refractivity contribution >= 4 is 58.1 Å². The largest absolute Gasteiger partial charge is 0.494 e. The molecule has 0 spiro atoms. The molecule has 0 bridgehead atoms. The molecular weight excluding hydrogens is 638 g/mol. The van der Waals surface area contributed by atoms with Gasteiger partial charge in [0.1, 0.15) is 5.75 Å². The van der Waals surface area contributed by atoms with Gasteiger partial charge in [0.15, 0.2) is 5.17 Å². The summed E-state index contributed by atoms with van der Waals surface area (Å²) in [7, 11) is 2.22. The van der Waals surface area contributed by atoms with Gasteiger partial charge in [0.2, 0.25) is 0 Å². The van der Waals surface area contributed by atoms with Crippen molar-refractivity contribution in [3.63, 3.8) is 0 Å². The Morgan fingerprint density at radius 3 is 1.98 bits per heavy atom. The van der Waals surface area contributed by atoms with Crippen LogP contribution in [0.15, 0.2) is 77.8 Å². The van der Waals surface area contributed by atoms with Gasteiger partial charge in [-0.1, -0.05) is 41.6 Å². The number of likely N-dealkylation sites (tertiary alicyclic amines) is 1. The summed E-state index contributed by atoms with van der Waals surface area (Å²) < 4.78 is 5.79. The van der Waals surface area contributed by atoms with Crippen molar-refractivity contribution in [1.29, 1.82) is 0 Å². The minimum atomic E-state index is -1.26. The zero-order chi connectivity index (χ0) is 33.9. The number of halogens is 1. The number of carboxylic acid groups (broad SMARTS) is 4. The van der Waals surface area contributed by atoms with Crippen molar-refractivity contribution in [2.24, 2.45) is 4.99 Å². The maximum Gasteiger partial charge on any atom is 0.328 e. The van der Waals surface area contributed by atoms with Crippen LogP contribution in [0.5, 0.6) is 5.75 Å². The number of hydrogen-bond donors (Lipinski definition) is 4. The summed E-state index contributed by atoms with van der Waals surface area (Å²) in [5, 5.41) is 33.2. The monoisotopic (exact) mass is 675 g/mol. The molecule has 2 aromatic carbocycles. The molecular formula is C32H38ClN3O9S. The van der Waals surface area contributed by atoms with E-state index in [2.05, 4.69) is 41.1 Å². The highest BCUT2D eigenvalue weighted by Gasteiger charge is 2.26. The fraction of sp³-hybridized carbons (Fsp3) is 0.344. The number of carbonyl (C=O) groups is 4. The number of carboxylic acids is 4. The molecule has 2 aromatic rings. The van der Waals surface area contributed by atoms with Crippen LogP contribution in [0.4, 0.5) is 5.69 Å². The first kappa shape index (κ1) is 37.9. The van der Waals surface area contributed by atoms with Crippen molar-refractivity contribution in [2.75, 3.05) is 33.3 Å². The van der Waals surface area contributed by atoms with Gasteiger partial charge in [-0.25, -0.2) is 24.2 Å². The topological polar surface area (TPSA) is 177 Å². The number of hydrogen-bond acceptors (Lipinski definition) is 9. The smallest absolute Gasteiger partial charge is 0.328 e. The Bertz CT molecular complexity index is 1330. The molecule has 0 radical (unpaired) electrons. The second-order valence-corrected chi connectivity index (χ2v) is 11.4. The number of para-hydroxylation sites is 1. The summed E-state index contributed by atoms with van der Waals surface area (Å²) in [5.41, 5.74) is 2.48. The lowest BCUT2D eigenvalue weighted by Crippen LogP contribution is -2.45. The van der Waals surface area contributed by atoms with Gasteiger partial charge in [-0.05, 0) is 68.1 Å². The molecule has 4 N–H and O–H groups in total. The highest BCUT2D eigenvalue weighted by Crippen LogP contribution is 2.33. The van der Waals surface area contributed by atoms with Gasteiger partial charge in [-0.2, -0.15) is 0 Å². The molecule has 0 unspecified atom stereocenters. The van der Waals surface area contributed by atoms with E-state index in [9.17, 15) is 19.2 Å². The van der Waals surface area contributed by atoms with E-state index in [1.165, 1.54) is 43.1 Å². The zero-order valence-corrected chi connectivity index (χ0v) is 26.9. The van der Waals surface area contributed by atoms with Gasteiger partial charge in [0, 0.05) is 61.3 Å². The molecule has 1 fully saturated rings. The van der Waals surface area contributed by atoms with Crippen molar-refractivity contribution in [3.8, 4) is 5.75 Å². The Labute approximate surface area is 276 Å². The lowest BCUT2D eigenvalue weighted by atomic mass is 10.0. The molecule has 2 heterocycles. The molecule has 0 aromatic heterocycles. The first-order valence-electron chi connectivity index (χ1n) is 14.4. The Kier molecular flexibility index (Phi) is 17.0. The molecule has 0 amide bonds. The van der Waals surface area contributed by atoms with Crippen LogP contribution in [0.2, 0.25) is 5.02 Å². The predicted octanol–water partition coefficient (Wildman–Crippen LogP) is 5.25. The number of thioether (sulfide) groups is 1. The maximum absolute atomic E-state index is 9.55. The van der Waals surface area contributed by atoms with Crippen molar-refractivity contribution in [3.05, 3.63) is 83.4 Å². The van der Waals surface area contributed by atoms with Gasteiger partial charge in [-0.3, -0.25) is 0 Å².